The average Bonchev–Trinajstić information content (AvgIpc) is 2.55. The highest BCUT2D eigenvalue weighted by Gasteiger charge is 2.32. The Kier molecular flexibility index (Phi) is 5.76. The van der Waals surface area contributed by atoms with Crippen LogP contribution in [-0.2, 0) is 9.53 Å². The second kappa shape index (κ2) is 7.57. The number of aliphatic hydroxyl groups is 1. The number of aliphatic hydroxyl groups excluding tert-OH is 1. The number of hydrogen-bond donors (Lipinski definition) is 2. The number of rotatable bonds is 6. The molecular formula is C17H25NO3. The lowest BCUT2D eigenvalue weighted by atomic mass is 9.74. The number of methoxy groups -OCH3 is 1. The van der Waals surface area contributed by atoms with Crippen molar-refractivity contribution in [2.45, 2.75) is 38.2 Å². The van der Waals surface area contributed by atoms with E-state index in [9.17, 15) is 9.90 Å². The number of benzene rings is 1. The summed E-state index contributed by atoms with van der Waals surface area (Å²) in [4.78, 5) is 12.4. The van der Waals surface area contributed by atoms with Crippen LogP contribution in [0.2, 0.25) is 0 Å². The molecule has 1 aromatic rings. The fourth-order valence-corrected chi connectivity index (χ4v) is 3.08. The minimum Gasteiger partial charge on any atom is -0.396 e. The third-order valence-corrected chi connectivity index (χ3v) is 4.46. The van der Waals surface area contributed by atoms with Gasteiger partial charge in [0, 0.05) is 19.1 Å². The zero-order valence-corrected chi connectivity index (χ0v) is 12.7. The van der Waals surface area contributed by atoms with Crippen LogP contribution in [0.4, 0.5) is 0 Å². The lowest BCUT2D eigenvalue weighted by Crippen LogP contribution is -2.43. The SMILES string of the molecule is COC(C(=O)NCC1(CO)CCCCC1)c1ccccc1. The summed E-state index contributed by atoms with van der Waals surface area (Å²) >= 11 is 0. The van der Waals surface area contributed by atoms with Crippen molar-refractivity contribution in [1.29, 1.82) is 0 Å². The first-order chi connectivity index (χ1) is 10.2. The van der Waals surface area contributed by atoms with E-state index in [0.717, 1.165) is 31.2 Å². The van der Waals surface area contributed by atoms with Gasteiger partial charge in [0.2, 0.25) is 0 Å². The zero-order chi connectivity index (χ0) is 15.1. The summed E-state index contributed by atoms with van der Waals surface area (Å²) in [6.45, 7) is 0.658. The second-order valence-corrected chi connectivity index (χ2v) is 5.96. The number of amides is 1. The van der Waals surface area contributed by atoms with Crippen LogP contribution < -0.4 is 5.32 Å². The van der Waals surface area contributed by atoms with E-state index < -0.39 is 6.10 Å². The molecule has 1 aliphatic carbocycles. The Labute approximate surface area is 126 Å². The molecule has 1 aliphatic rings. The van der Waals surface area contributed by atoms with Crippen LogP contribution in [0.15, 0.2) is 30.3 Å². The van der Waals surface area contributed by atoms with Gasteiger partial charge < -0.3 is 15.2 Å². The molecule has 4 nitrogen and oxygen atoms in total. The van der Waals surface area contributed by atoms with E-state index in [4.69, 9.17) is 4.74 Å². The van der Waals surface area contributed by atoms with E-state index in [0.29, 0.717) is 6.54 Å². The third kappa shape index (κ3) is 4.05. The Morgan fingerprint density at radius 2 is 1.95 bits per heavy atom. The molecule has 2 N–H and O–H groups in total. The Balaban J connectivity index is 1.96. The second-order valence-electron chi connectivity index (χ2n) is 5.96. The summed E-state index contributed by atoms with van der Waals surface area (Å²) in [6, 6.07) is 9.47. The molecule has 0 saturated heterocycles. The Morgan fingerprint density at radius 1 is 1.29 bits per heavy atom. The van der Waals surface area contributed by atoms with Crippen LogP contribution in [-0.4, -0.2) is 31.3 Å². The first kappa shape index (κ1) is 16.0. The van der Waals surface area contributed by atoms with Crippen molar-refractivity contribution in [2.24, 2.45) is 5.41 Å². The summed E-state index contributed by atoms with van der Waals surface area (Å²) in [6.07, 6.45) is 4.84. The van der Waals surface area contributed by atoms with E-state index in [1.807, 2.05) is 30.3 Å². The standard InChI is InChI=1S/C17H25NO3/c1-21-15(14-8-4-2-5-9-14)16(20)18-12-17(13-19)10-6-3-7-11-17/h2,4-5,8-9,15,19H,3,6-7,10-13H2,1H3,(H,18,20). The first-order valence-corrected chi connectivity index (χ1v) is 7.67. The van der Waals surface area contributed by atoms with Crippen LogP contribution in [0.1, 0.15) is 43.8 Å². The fraction of sp³-hybridized carbons (Fsp3) is 0.588. The minimum absolute atomic E-state index is 0.135. The van der Waals surface area contributed by atoms with Crippen LogP contribution in [0, 0.1) is 5.41 Å². The first-order valence-electron chi connectivity index (χ1n) is 7.67. The van der Waals surface area contributed by atoms with Gasteiger partial charge in [0.05, 0.1) is 6.61 Å². The van der Waals surface area contributed by atoms with Crippen LogP contribution in [0.5, 0.6) is 0 Å². The largest absolute Gasteiger partial charge is 0.396 e. The number of ether oxygens (including phenoxy) is 1. The molecule has 0 heterocycles. The molecule has 1 saturated carbocycles. The summed E-state index contributed by atoms with van der Waals surface area (Å²) in [7, 11) is 1.54. The molecule has 0 bridgehead atoms. The van der Waals surface area contributed by atoms with E-state index in [1.165, 1.54) is 6.42 Å². The maximum Gasteiger partial charge on any atom is 0.253 e. The normalized spacial score (nSPS) is 19.0. The molecule has 1 fully saturated rings. The van der Waals surface area contributed by atoms with E-state index in [2.05, 4.69) is 5.32 Å². The molecule has 2 rings (SSSR count). The molecule has 1 aromatic carbocycles. The molecule has 1 unspecified atom stereocenters. The van der Waals surface area contributed by atoms with Gasteiger partial charge in [0.25, 0.3) is 5.91 Å². The number of nitrogens with one attached hydrogen (secondary N) is 1. The van der Waals surface area contributed by atoms with Gasteiger partial charge in [-0.1, -0.05) is 49.6 Å². The third-order valence-electron chi connectivity index (χ3n) is 4.46. The lowest BCUT2D eigenvalue weighted by molar-refractivity contribution is -0.132. The van der Waals surface area contributed by atoms with Crippen molar-refractivity contribution in [1.82, 2.24) is 5.32 Å². The number of hydrogen-bond acceptors (Lipinski definition) is 3. The van der Waals surface area contributed by atoms with Gasteiger partial charge in [-0.2, -0.15) is 0 Å². The molecular weight excluding hydrogens is 266 g/mol. The van der Waals surface area contributed by atoms with Crippen molar-refractivity contribution in [2.75, 3.05) is 20.3 Å². The summed E-state index contributed by atoms with van der Waals surface area (Å²) in [5.41, 5.74) is 0.697. The summed E-state index contributed by atoms with van der Waals surface area (Å²) < 4.78 is 5.33. The number of carbonyl (C=O) groups is 1. The van der Waals surface area contributed by atoms with Crippen LogP contribution in [0.3, 0.4) is 0 Å². The molecule has 1 amide bonds. The van der Waals surface area contributed by atoms with Gasteiger partial charge in [0.1, 0.15) is 0 Å². The van der Waals surface area contributed by atoms with Crippen molar-refractivity contribution in [3.05, 3.63) is 35.9 Å². The van der Waals surface area contributed by atoms with Gasteiger partial charge in [-0.25, -0.2) is 0 Å². The molecule has 21 heavy (non-hydrogen) atoms. The van der Waals surface area contributed by atoms with Crippen LogP contribution >= 0.6 is 0 Å². The highest BCUT2D eigenvalue weighted by molar-refractivity contribution is 5.82. The molecule has 1 atom stereocenters. The van der Waals surface area contributed by atoms with Crippen molar-refractivity contribution in [3.63, 3.8) is 0 Å². The molecule has 0 radical (unpaired) electrons. The van der Waals surface area contributed by atoms with Gasteiger partial charge in [-0.15, -0.1) is 0 Å². The van der Waals surface area contributed by atoms with Crippen molar-refractivity contribution in [3.8, 4) is 0 Å². The summed E-state index contributed by atoms with van der Waals surface area (Å²) in [5.74, 6) is -0.137. The topological polar surface area (TPSA) is 58.6 Å². The highest BCUT2D eigenvalue weighted by Crippen LogP contribution is 2.35. The predicted molar refractivity (Wildman–Crippen MR) is 81.8 cm³/mol. The quantitative estimate of drug-likeness (QED) is 0.846. The Morgan fingerprint density at radius 3 is 2.52 bits per heavy atom. The maximum atomic E-state index is 12.4. The van der Waals surface area contributed by atoms with Crippen molar-refractivity contribution < 1.29 is 14.6 Å². The Bertz CT molecular complexity index is 441. The van der Waals surface area contributed by atoms with E-state index in [1.54, 1.807) is 7.11 Å². The number of carbonyl (C=O) groups excluding carboxylic acids is 1. The monoisotopic (exact) mass is 291 g/mol. The maximum absolute atomic E-state index is 12.4. The molecule has 4 heteroatoms. The lowest BCUT2D eigenvalue weighted by Gasteiger charge is -2.36. The van der Waals surface area contributed by atoms with Gasteiger partial charge >= 0.3 is 0 Å². The van der Waals surface area contributed by atoms with E-state index in [-0.39, 0.29) is 17.9 Å². The van der Waals surface area contributed by atoms with Gasteiger partial charge in [-0.3, -0.25) is 4.79 Å². The minimum atomic E-state index is -0.592. The molecule has 0 aliphatic heterocycles. The fourth-order valence-electron chi connectivity index (χ4n) is 3.08. The Hall–Kier alpha value is -1.39. The molecule has 0 aromatic heterocycles. The van der Waals surface area contributed by atoms with Crippen molar-refractivity contribution >= 4 is 5.91 Å². The summed E-state index contributed by atoms with van der Waals surface area (Å²) in [5, 5.41) is 12.7. The van der Waals surface area contributed by atoms with Crippen LogP contribution in [0.25, 0.3) is 0 Å². The van der Waals surface area contributed by atoms with E-state index >= 15 is 0 Å². The van der Waals surface area contributed by atoms with Gasteiger partial charge in [0.15, 0.2) is 6.10 Å². The van der Waals surface area contributed by atoms with Gasteiger partial charge in [-0.05, 0) is 18.4 Å². The predicted octanol–water partition coefficient (Wildman–Crippen LogP) is 2.43. The zero-order valence-electron chi connectivity index (χ0n) is 12.7. The smallest absolute Gasteiger partial charge is 0.253 e. The highest BCUT2D eigenvalue weighted by atomic mass is 16.5. The average molecular weight is 291 g/mol. The molecule has 116 valence electrons. The molecule has 0 spiro atoms.